The molecule has 0 saturated carbocycles. The molecule has 3 rings (SSSR count). The Balaban J connectivity index is 1.97. The third-order valence-electron chi connectivity index (χ3n) is 3.61. The third-order valence-corrected chi connectivity index (χ3v) is 4.14. The van der Waals surface area contributed by atoms with Crippen molar-refractivity contribution in [2.24, 2.45) is 0 Å². The van der Waals surface area contributed by atoms with Gasteiger partial charge in [0.15, 0.2) is 0 Å². The average molecular weight is 295 g/mol. The van der Waals surface area contributed by atoms with Crippen molar-refractivity contribution in [2.75, 3.05) is 6.61 Å². The predicted octanol–water partition coefficient (Wildman–Crippen LogP) is 2.07. The van der Waals surface area contributed by atoms with Crippen LogP contribution in [-0.2, 0) is 4.74 Å². The molecule has 1 aliphatic rings. The summed E-state index contributed by atoms with van der Waals surface area (Å²) in [6, 6.07) is 5.40. The second-order valence-electron chi connectivity index (χ2n) is 5.02. The number of benzene rings is 1. The minimum atomic E-state index is -0.658. The molecule has 1 saturated heterocycles. The van der Waals surface area contributed by atoms with E-state index in [1.165, 1.54) is 0 Å². The molecule has 1 aromatic carbocycles. The lowest BCUT2D eigenvalue weighted by Crippen LogP contribution is -2.29. The Hall–Kier alpha value is -1.59. The third kappa shape index (κ3) is 2.51. The van der Waals surface area contributed by atoms with E-state index in [9.17, 15) is 9.59 Å². The predicted molar refractivity (Wildman–Crippen MR) is 77.4 cm³/mol. The Morgan fingerprint density at radius 3 is 2.60 bits per heavy atom. The van der Waals surface area contributed by atoms with Crippen molar-refractivity contribution in [2.45, 2.75) is 30.7 Å². The maximum absolute atomic E-state index is 11.4. The standard InChI is InChI=1S/C14H15ClN2O3/c15-12(11-3-1-2-6-20-11)8-4-5-9-10(7-8)17-14(19)13(18)16-9/h4-5,7,11-12H,1-3,6H2,(H,16,18)(H,17,19). The number of hydrogen-bond acceptors (Lipinski definition) is 3. The van der Waals surface area contributed by atoms with E-state index in [0.717, 1.165) is 31.4 Å². The maximum atomic E-state index is 11.4. The van der Waals surface area contributed by atoms with E-state index in [1.54, 1.807) is 12.1 Å². The molecule has 0 spiro atoms. The number of aromatic amines is 2. The summed E-state index contributed by atoms with van der Waals surface area (Å²) in [5.41, 5.74) is 0.743. The van der Waals surface area contributed by atoms with Gasteiger partial charge in [0.1, 0.15) is 0 Å². The Labute approximate surface area is 119 Å². The van der Waals surface area contributed by atoms with Crippen LogP contribution in [0.3, 0.4) is 0 Å². The molecule has 2 heterocycles. The van der Waals surface area contributed by atoms with Crippen molar-refractivity contribution in [3.05, 3.63) is 44.5 Å². The highest BCUT2D eigenvalue weighted by Crippen LogP contribution is 2.32. The van der Waals surface area contributed by atoms with Gasteiger partial charge >= 0.3 is 11.1 Å². The largest absolute Gasteiger partial charge is 0.376 e. The van der Waals surface area contributed by atoms with Gasteiger partial charge in [-0.2, -0.15) is 0 Å². The minimum Gasteiger partial charge on any atom is -0.376 e. The van der Waals surface area contributed by atoms with Gasteiger partial charge in [-0.15, -0.1) is 11.6 Å². The number of hydrogen-bond donors (Lipinski definition) is 2. The van der Waals surface area contributed by atoms with E-state index in [0.29, 0.717) is 11.0 Å². The average Bonchev–Trinajstić information content (AvgIpc) is 2.48. The number of rotatable bonds is 2. The zero-order valence-corrected chi connectivity index (χ0v) is 11.6. The van der Waals surface area contributed by atoms with Gasteiger partial charge in [0.2, 0.25) is 0 Å². The summed E-state index contributed by atoms with van der Waals surface area (Å²) in [5, 5.41) is -0.255. The number of ether oxygens (including phenoxy) is 1. The molecular formula is C14H15ClN2O3. The summed E-state index contributed by atoms with van der Waals surface area (Å²) in [4.78, 5) is 27.7. The van der Waals surface area contributed by atoms with Gasteiger partial charge in [0, 0.05) is 6.61 Å². The van der Waals surface area contributed by atoms with Crippen LogP contribution in [0.2, 0.25) is 0 Å². The van der Waals surface area contributed by atoms with Crippen molar-refractivity contribution in [3.8, 4) is 0 Å². The summed E-state index contributed by atoms with van der Waals surface area (Å²) in [6.07, 6.45) is 3.13. The normalized spacial score (nSPS) is 20.9. The van der Waals surface area contributed by atoms with Crippen LogP contribution in [0, 0.1) is 0 Å². The van der Waals surface area contributed by atoms with Crippen molar-refractivity contribution >= 4 is 22.6 Å². The highest BCUT2D eigenvalue weighted by Gasteiger charge is 2.24. The molecular weight excluding hydrogens is 280 g/mol. The first-order valence-corrected chi connectivity index (χ1v) is 7.11. The van der Waals surface area contributed by atoms with E-state index in [4.69, 9.17) is 16.3 Å². The van der Waals surface area contributed by atoms with Crippen LogP contribution in [0.15, 0.2) is 27.8 Å². The molecule has 0 amide bonds. The molecule has 0 bridgehead atoms. The Morgan fingerprint density at radius 2 is 1.90 bits per heavy atom. The van der Waals surface area contributed by atoms with E-state index in [-0.39, 0.29) is 11.5 Å². The molecule has 6 heteroatoms. The topological polar surface area (TPSA) is 75.0 Å². The number of H-pyrrole nitrogens is 2. The lowest BCUT2D eigenvalue weighted by Gasteiger charge is -2.27. The molecule has 2 aromatic rings. The zero-order chi connectivity index (χ0) is 14.1. The van der Waals surface area contributed by atoms with Gasteiger partial charge in [0.05, 0.1) is 22.5 Å². The Morgan fingerprint density at radius 1 is 1.15 bits per heavy atom. The maximum Gasteiger partial charge on any atom is 0.314 e. The minimum absolute atomic E-state index is 0.00245. The van der Waals surface area contributed by atoms with Crippen molar-refractivity contribution in [1.82, 2.24) is 9.97 Å². The number of alkyl halides is 1. The monoisotopic (exact) mass is 294 g/mol. The summed E-state index contributed by atoms with van der Waals surface area (Å²) < 4.78 is 5.69. The summed E-state index contributed by atoms with van der Waals surface area (Å²) in [5.74, 6) is 0. The number of aromatic nitrogens is 2. The van der Waals surface area contributed by atoms with Crippen molar-refractivity contribution in [3.63, 3.8) is 0 Å². The summed E-state index contributed by atoms with van der Waals surface area (Å²) in [6.45, 7) is 0.742. The van der Waals surface area contributed by atoms with Crippen LogP contribution in [0.25, 0.3) is 11.0 Å². The molecule has 2 atom stereocenters. The van der Waals surface area contributed by atoms with Crippen LogP contribution < -0.4 is 11.1 Å². The smallest absolute Gasteiger partial charge is 0.314 e. The summed E-state index contributed by atoms with van der Waals surface area (Å²) in [7, 11) is 0. The highest BCUT2D eigenvalue weighted by molar-refractivity contribution is 6.21. The lowest BCUT2D eigenvalue weighted by molar-refractivity contribution is 0.0136. The van der Waals surface area contributed by atoms with Gasteiger partial charge in [-0.25, -0.2) is 0 Å². The molecule has 1 fully saturated rings. The lowest BCUT2D eigenvalue weighted by atomic mass is 10.0. The zero-order valence-electron chi connectivity index (χ0n) is 10.8. The van der Waals surface area contributed by atoms with Crippen LogP contribution in [0.1, 0.15) is 30.2 Å². The van der Waals surface area contributed by atoms with E-state index < -0.39 is 11.1 Å². The number of halogens is 1. The van der Waals surface area contributed by atoms with Crippen molar-refractivity contribution < 1.29 is 4.74 Å². The van der Waals surface area contributed by atoms with Gasteiger partial charge in [-0.3, -0.25) is 9.59 Å². The van der Waals surface area contributed by atoms with Gasteiger partial charge in [-0.05, 0) is 37.0 Å². The SMILES string of the molecule is O=c1[nH]c2ccc(C(Cl)C3CCCCO3)cc2[nH]c1=O. The molecule has 20 heavy (non-hydrogen) atoms. The molecule has 2 N–H and O–H groups in total. The van der Waals surface area contributed by atoms with Gasteiger partial charge < -0.3 is 14.7 Å². The molecule has 0 radical (unpaired) electrons. The van der Waals surface area contributed by atoms with Crippen LogP contribution >= 0.6 is 11.6 Å². The summed E-state index contributed by atoms with van der Waals surface area (Å²) >= 11 is 6.47. The quantitative estimate of drug-likeness (QED) is 0.657. The van der Waals surface area contributed by atoms with Crippen molar-refractivity contribution in [1.29, 1.82) is 0 Å². The van der Waals surface area contributed by atoms with Gasteiger partial charge in [-0.1, -0.05) is 6.07 Å². The first-order valence-electron chi connectivity index (χ1n) is 6.67. The van der Waals surface area contributed by atoms with E-state index in [1.807, 2.05) is 6.07 Å². The van der Waals surface area contributed by atoms with E-state index in [2.05, 4.69) is 9.97 Å². The second kappa shape index (κ2) is 5.42. The fourth-order valence-electron chi connectivity index (χ4n) is 2.52. The second-order valence-corrected chi connectivity index (χ2v) is 5.49. The molecule has 5 nitrogen and oxygen atoms in total. The number of nitrogens with one attached hydrogen (secondary N) is 2. The Kier molecular flexibility index (Phi) is 3.63. The first kappa shape index (κ1) is 13.4. The van der Waals surface area contributed by atoms with Crippen LogP contribution in [-0.4, -0.2) is 22.7 Å². The Bertz CT molecular complexity index is 731. The molecule has 1 aromatic heterocycles. The van der Waals surface area contributed by atoms with E-state index >= 15 is 0 Å². The molecule has 2 unspecified atom stereocenters. The van der Waals surface area contributed by atoms with Crippen LogP contribution in [0.4, 0.5) is 0 Å². The molecule has 106 valence electrons. The number of fused-ring (bicyclic) bond motifs is 1. The fraction of sp³-hybridized carbons (Fsp3) is 0.429. The first-order chi connectivity index (χ1) is 9.65. The van der Waals surface area contributed by atoms with Crippen LogP contribution in [0.5, 0.6) is 0 Å². The highest BCUT2D eigenvalue weighted by atomic mass is 35.5. The molecule has 0 aliphatic carbocycles. The molecule has 1 aliphatic heterocycles. The fourth-order valence-corrected chi connectivity index (χ4v) is 2.85. The van der Waals surface area contributed by atoms with Gasteiger partial charge in [0.25, 0.3) is 0 Å².